The molecule has 1 aromatic rings. The SMILES string of the molecule is C#Cc1ccn(C2CCCCO2)n1. The van der Waals surface area contributed by atoms with Crippen LogP contribution in [0.25, 0.3) is 0 Å². The highest BCUT2D eigenvalue weighted by atomic mass is 16.5. The van der Waals surface area contributed by atoms with Crippen molar-refractivity contribution in [1.29, 1.82) is 0 Å². The van der Waals surface area contributed by atoms with E-state index in [2.05, 4.69) is 11.0 Å². The predicted molar refractivity (Wildman–Crippen MR) is 49.0 cm³/mol. The molecular weight excluding hydrogens is 164 g/mol. The maximum Gasteiger partial charge on any atom is 0.150 e. The Morgan fingerprint density at radius 2 is 2.54 bits per heavy atom. The quantitative estimate of drug-likeness (QED) is 0.607. The lowest BCUT2D eigenvalue weighted by molar-refractivity contribution is -0.0395. The van der Waals surface area contributed by atoms with E-state index in [-0.39, 0.29) is 6.23 Å². The second kappa shape index (κ2) is 3.63. The standard InChI is InChI=1S/C10H12N2O/c1-2-9-6-7-12(11-9)10-5-3-4-8-13-10/h1,6-7,10H,3-5,8H2. The first-order chi connectivity index (χ1) is 6.40. The largest absolute Gasteiger partial charge is 0.357 e. The van der Waals surface area contributed by atoms with Crippen molar-refractivity contribution in [3.63, 3.8) is 0 Å². The summed E-state index contributed by atoms with van der Waals surface area (Å²) in [6.45, 7) is 0.829. The van der Waals surface area contributed by atoms with Gasteiger partial charge < -0.3 is 4.74 Å². The fourth-order valence-electron chi connectivity index (χ4n) is 1.51. The zero-order valence-corrected chi connectivity index (χ0v) is 7.44. The van der Waals surface area contributed by atoms with Gasteiger partial charge in [-0.2, -0.15) is 5.10 Å². The highest BCUT2D eigenvalue weighted by molar-refractivity contribution is 5.21. The summed E-state index contributed by atoms with van der Waals surface area (Å²) < 4.78 is 7.37. The fraction of sp³-hybridized carbons (Fsp3) is 0.500. The van der Waals surface area contributed by atoms with Gasteiger partial charge in [-0.3, -0.25) is 0 Å². The summed E-state index contributed by atoms with van der Waals surface area (Å²) in [6.07, 6.45) is 10.6. The minimum absolute atomic E-state index is 0.0934. The van der Waals surface area contributed by atoms with Crippen LogP contribution >= 0.6 is 0 Å². The predicted octanol–water partition coefficient (Wildman–Crippen LogP) is 1.56. The third kappa shape index (κ3) is 1.73. The van der Waals surface area contributed by atoms with Gasteiger partial charge >= 0.3 is 0 Å². The lowest BCUT2D eigenvalue weighted by Crippen LogP contribution is -2.18. The molecule has 0 aliphatic carbocycles. The van der Waals surface area contributed by atoms with Crippen LogP contribution in [0.15, 0.2) is 12.3 Å². The highest BCUT2D eigenvalue weighted by Crippen LogP contribution is 2.21. The van der Waals surface area contributed by atoms with E-state index in [1.807, 2.05) is 16.9 Å². The highest BCUT2D eigenvalue weighted by Gasteiger charge is 2.15. The normalized spacial score (nSPS) is 22.5. The van der Waals surface area contributed by atoms with Gasteiger partial charge in [-0.1, -0.05) is 0 Å². The average molecular weight is 176 g/mol. The molecule has 0 spiro atoms. The van der Waals surface area contributed by atoms with Crippen molar-refractivity contribution in [3.05, 3.63) is 18.0 Å². The minimum atomic E-state index is 0.0934. The van der Waals surface area contributed by atoms with E-state index in [9.17, 15) is 0 Å². The minimum Gasteiger partial charge on any atom is -0.357 e. The molecule has 0 radical (unpaired) electrons. The Morgan fingerprint density at radius 3 is 3.15 bits per heavy atom. The Balaban J connectivity index is 2.11. The summed E-state index contributed by atoms with van der Waals surface area (Å²) >= 11 is 0. The van der Waals surface area contributed by atoms with Crippen LogP contribution in [0.5, 0.6) is 0 Å². The third-order valence-corrected chi connectivity index (χ3v) is 2.21. The molecule has 2 rings (SSSR count). The molecule has 1 atom stereocenters. The van der Waals surface area contributed by atoms with Crippen LogP contribution in [-0.2, 0) is 4.74 Å². The van der Waals surface area contributed by atoms with Gasteiger partial charge in [0.2, 0.25) is 0 Å². The maximum absolute atomic E-state index is 5.55. The Morgan fingerprint density at radius 1 is 1.62 bits per heavy atom. The van der Waals surface area contributed by atoms with Crippen molar-refractivity contribution in [2.45, 2.75) is 25.5 Å². The monoisotopic (exact) mass is 176 g/mol. The molecule has 1 aliphatic rings. The molecule has 3 heteroatoms. The van der Waals surface area contributed by atoms with Crippen molar-refractivity contribution in [1.82, 2.24) is 9.78 Å². The van der Waals surface area contributed by atoms with Crippen molar-refractivity contribution < 1.29 is 4.74 Å². The number of ether oxygens (including phenoxy) is 1. The van der Waals surface area contributed by atoms with Crippen molar-refractivity contribution in [2.24, 2.45) is 0 Å². The third-order valence-electron chi connectivity index (χ3n) is 2.21. The molecule has 0 aromatic carbocycles. The van der Waals surface area contributed by atoms with Crippen LogP contribution in [0.3, 0.4) is 0 Å². The van der Waals surface area contributed by atoms with Gasteiger partial charge in [0.1, 0.15) is 11.9 Å². The smallest absolute Gasteiger partial charge is 0.150 e. The molecule has 1 fully saturated rings. The number of terminal acetylenes is 1. The Labute approximate surface area is 77.7 Å². The fourth-order valence-corrected chi connectivity index (χ4v) is 1.51. The van der Waals surface area contributed by atoms with Gasteiger partial charge in [0.05, 0.1) is 0 Å². The molecule has 1 aromatic heterocycles. The molecule has 3 nitrogen and oxygen atoms in total. The second-order valence-corrected chi connectivity index (χ2v) is 3.15. The number of hydrogen-bond donors (Lipinski definition) is 0. The van der Waals surface area contributed by atoms with Crippen LogP contribution in [-0.4, -0.2) is 16.4 Å². The molecular formula is C10H12N2O. The maximum atomic E-state index is 5.55. The number of hydrogen-bond acceptors (Lipinski definition) is 2. The van der Waals surface area contributed by atoms with Crippen LogP contribution in [0, 0.1) is 12.3 Å². The Bertz CT molecular complexity index is 318. The van der Waals surface area contributed by atoms with Gasteiger partial charge in [-0.25, -0.2) is 4.68 Å². The van der Waals surface area contributed by atoms with Crippen molar-refractivity contribution >= 4 is 0 Å². The van der Waals surface area contributed by atoms with E-state index in [0.717, 1.165) is 19.4 Å². The molecule has 13 heavy (non-hydrogen) atoms. The number of rotatable bonds is 1. The zero-order chi connectivity index (χ0) is 9.10. The van der Waals surface area contributed by atoms with E-state index in [4.69, 9.17) is 11.2 Å². The van der Waals surface area contributed by atoms with Crippen LogP contribution < -0.4 is 0 Å². The van der Waals surface area contributed by atoms with Crippen LogP contribution in [0.4, 0.5) is 0 Å². The summed E-state index contributed by atoms with van der Waals surface area (Å²) in [7, 11) is 0. The summed E-state index contributed by atoms with van der Waals surface area (Å²) in [6, 6.07) is 1.83. The molecule has 0 amide bonds. The van der Waals surface area contributed by atoms with E-state index < -0.39 is 0 Å². The average Bonchev–Trinajstić information content (AvgIpc) is 2.67. The van der Waals surface area contributed by atoms with Gasteiger partial charge in [0, 0.05) is 12.8 Å². The van der Waals surface area contributed by atoms with E-state index in [1.54, 1.807) is 0 Å². The molecule has 0 saturated carbocycles. The van der Waals surface area contributed by atoms with Gasteiger partial charge in [-0.15, -0.1) is 6.42 Å². The second-order valence-electron chi connectivity index (χ2n) is 3.15. The Kier molecular flexibility index (Phi) is 2.33. The van der Waals surface area contributed by atoms with E-state index in [0.29, 0.717) is 5.69 Å². The van der Waals surface area contributed by atoms with Crippen molar-refractivity contribution in [3.8, 4) is 12.3 Å². The molecule has 1 saturated heterocycles. The molecule has 2 heterocycles. The summed E-state index contributed by atoms with van der Waals surface area (Å²) in [5.74, 6) is 2.50. The lowest BCUT2D eigenvalue weighted by atomic mass is 10.2. The lowest BCUT2D eigenvalue weighted by Gasteiger charge is -2.22. The van der Waals surface area contributed by atoms with E-state index in [1.165, 1.54) is 6.42 Å². The van der Waals surface area contributed by atoms with E-state index >= 15 is 0 Å². The molecule has 0 bridgehead atoms. The first kappa shape index (κ1) is 8.33. The number of aromatic nitrogens is 2. The molecule has 1 aliphatic heterocycles. The van der Waals surface area contributed by atoms with Crippen LogP contribution in [0.2, 0.25) is 0 Å². The summed E-state index contributed by atoms with van der Waals surface area (Å²) in [4.78, 5) is 0. The molecule has 1 unspecified atom stereocenters. The van der Waals surface area contributed by atoms with Gasteiger partial charge in [-0.05, 0) is 31.2 Å². The number of nitrogens with zero attached hydrogens (tertiary/aromatic N) is 2. The Hall–Kier alpha value is -1.27. The van der Waals surface area contributed by atoms with Crippen molar-refractivity contribution in [2.75, 3.05) is 6.61 Å². The molecule has 0 N–H and O–H groups in total. The zero-order valence-electron chi connectivity index (χ0n) is 7.44. The first-order valence-corrected chi connectivity index (χ1v) is 4.53. The summed E-state index contributed by atoms with van der Waals surface area (Å²) in [5, 5.41) is 4.21. The topological polar surface area (TPSA) is 27.1 Å². The summed E-state index contributed by atoms with van der Waals surface area (Å²) in [5.41, 5.74) is 0.675. The van der Waals surface area contributed by atoms with Gasteiger partial charge in [0.15, 0.2) is 0 Å². The first-order valence-electron chi connectivity index (χ1n) is 4.53. The van der Waals surface area contributed by atoms with Gasteiger partial charge in [0.25, 0.3) is 0 Å². The molecule has 68 valence electrons. The van der Waals surface area contributed by atoms with Crippen LogP contribution in [0.1, 0.15) is 31.2 Å².